The maximum absolute atomic E-state index is 10.1. The van der Waals surface area contributed by atoms with E-state index < -0.39 is 5.60 Å². The van der Waals surface area contributed by atoms with E-state index >= 15 is 0 Å². The molecule has 0 atom stereocenters. The smallest absolute Gasteiger partial charge is 0.0771 e. The van der Waals surface area contributed by atoms with Crippen LogP contribution in [0.5, 0.6) is 0 Å². The molecule has 2 aliphatic rings. The van der Waals surface area contributed by atoms with Gasteiger partial charge in [0.1, 0.15) is 0 Å². The number of rotatable bonds is 4. The van der Waals surface area contributed by atoms with E-state index in [2.05, 4.69) is 11.4 Å². The van der Waals surface area contributed by atoms with Crippen LogP contribution in [0.1, 0.15) is 32.1 Å². The molecule has 3 nitrogen and oxygen atoms in total. The molecule has 0 amide bonds. The summed E-state index contributed by atoms with van der Waals surface area (Å²) in [4.78, 5) is 0. The monoisotopic (exact) mass is 211 g/mol. The van der Waals surface area contributed by atoms with Crippen molar-refractivity contribution in [3.8, 4) is 0 Å². The van der Waals surface area contributed by atoms with Gasteiger partial charge in [0, 0.05) is 13.1 Å². The third kappa shape index (κ3) is 3.30. The maximum Gasteiger partial charge on any atom is 0.0771 e. The third-order valence-electron chi connectivity index (χ3n) is 3.32. The van der Waals surface area contributed by atoms with E-state index in [-0.39, 0.29) is 0 Å². The molecule has 1 aliphatic carbocycles. The van der Waals surface area contributed by atoms with E-state index in [0.717, 1.165) is 45.6 Å². The summed E-state index contributed by atoms with van der Waals surface area (Å²) in [5.41, 5.74) is 0.888. The summed E-state index contributed by atoms with van der Waals surface area (Å²) in [7, 11) is 0. The Labute approximate surface area is 91.5 Å². The van der Waals surface area contributed by atoms with Gasteiger partial charge in [0.2, 0.25) is 0 Å². The van der Waals surface area contributed by atoms with E-state index in [1.54, 1.807) is 0 Å². The molecule has 0 aromatic rings. The van der Waals surface area contributed by atoms with Gasteiger partial charge < -0.3 is 15.2 Å². The molecule has 1 aliphatic heterocycles. The molecular weight excluding hydrogens is 190 g/mol. The van der Waals surface area contributed by atoms with Crippen molar-refractivity contribution in [2.45, 2.75) is 37.7 Å². The molecule has 1 fully saturated rings. The molecule has 0 bridgehead atoms. The fourth-order valence-corrected chi connectivity index (χ4v) is 2.40. The molecule has 0 spiro atoms. The first kappa shape index (κ1) is 11.1. The number of hydrogen-bond donors (Lipinski definition) is 2. The number of ether oxygens (including phenoxy) is 1. The van der Waals surface area contributed by atoms with Crippen LogP contribution in [-0.2, 0) is 4.74 Å². The standard InChI is InChI=1S/C12H21NO2/c14-12(5-1-2-6-12)10-13-8-11-4-3-7-15-9-11/h4,13-14H,1-3,5-10H2. The van der Waals surface area contributed by atoms with Crippen molar-refractivity contribution in [2.24, 2.45) is 0 Å². The molecule has 0 saturated heterocycles. The molecule has 0 aromatic carbocycles. The summed E-state index contributed by atoms with van der Waals surface area (Å²) in [6, 6.07) is 0. The van der Waals surface area contributed by atoms with Gasteiger partial charge in [0.05, 0.1) is 18.8 Å². The van der Waals surface area contributed by atoms with Crippen LogP contribution >= 0.6 is 0 Å². The van der Waals surface area contributed by atoms with Crippen LogP contribution < -0.4 is 5.32 Å². The van der Waals surface area contributed by atoms with Crippen molar-refractivity contribution in [3.63, 3.8) is 0 Å². The van der Waals surface area contributed by atoms with Crippen LogP contribution in [-0.4, -0.2) is 37.0 Å². The lowest BCUT2D eigenvalue weighted by Gasteiger charge is -2.23. The van der Waals surface area contributed by atoms with E-state index in [4.69, 9.17) is 4.74 Å². The maximum atomic E-state index is 10.1. The number of hydrogen-bond acceptors (Lipinski definition) is 3. The van der Waals surface area contributed by atoms with Crippen LogP contribution in [0.4, 0.5) is 0 Å². The summed E-state index contributed by atoms with van der Waals surface area (Å²) in [6.45, 7) is 3.20. The van der Waals surface area contributed by atoms with Gasteiger partial charge in [-0.3, -0.25) is 0 Å². The molecule has 86 valence electrons. The van der Waals surface area contributed by atoms with E-state index in [9.17, 15) is 5.11 Å². The van der Waals surface area contributed by atoms with Gasteiger partial charge in [-0.1, -0.05) is 18.9 Å². The second-order valence-electron chi connectivity index (χ2n) is 4.74. The molecular formula is C12H21NO2. The van der Waals surface area contributed by atoms with Crippen LogP contribution in [0.2, 0.25) is 0 Å². The topological polar surface area (TPSA) is 41.5 Å². The largest absolute Gasteiger partial charge is 0.389 e. The summed E-state index contributed by atoms with van der Waals surface area (Å²) in [6.07, 6.45) is 7.52. The van der Waals surface area contributed by atoms with Gasteiger partial charge >= 0.3 is 0 Å². The zero-order valence-corrected chi connectivity index (χ0v) is 9.30. The molecule has 0 unspecified atom stereocenters. The lowest BCUT2D eigenvalue weighted by atomic mass is 10.0. The van der Waals surface area contributed by atoms with Crippen molar-refractivity contribution in [1.29, 1.82) is 0 Å². The Bertz CT molecular complexity index is 232. The Morgan fingerprint density at radius 2 is 2.20 bits per heavy atom. The van der Waals surface area contributed by atoms with E-state index in [0.29, 0.717) is 0 Å². The van der Waals surface area contributed by atoms with Crippen molar-refractivity contribution in [3.05, 3.63) is 11.6 Å². The summed E-state index contributed by atoms with van der Waals surface area (Å²) < 4.78 is 5.36. The van der Waals surface area contributed by atoms with Crippen LogP contribution in [0.25, 0.3) is 0 Å². The molecule has 3 heteroatoms. The molecule has 0 radical (unpaired) electrons. The second kappa shape index (κ2) is 5.10. The first-order valence-electron chi connectivity index (χ1n) is 5.97. The van der Waals surface area contributed by atoms with Gasteiger partial charge in [-0.25, -0.2) is 0 Å². The first-order valence-corrected chi connectivity index (χ1v) is 5.97. The fraction of sp³-hybridized carbons (Fsp3) is 0.833. The van der Waals surface area contributed by atoms with Crippen molar-refractivity contribution >= 4 is 0 Å². The fourth-order valence-electron chi connectivity index (χ4n) is 2.40. The van der Waals surface area contributed by atoms with E-state index in [1.807, 2.05) is 0 Å². The second-order valence-corrected chi connectivity index (χ2v) is 4.74. The minimum atomic E-state index is -0.434. The van der Waals surface area contributed by atoms with Gasteiger partial charge in [-0.2, -0.15) is 0 Å². The predicted molar refractivity (Wildman–Crippen MR) is 59.8 cm³/mol. The summed E-state index contributed by atoms with van der Waals surface area (Å²) >= 11 is 0. The highest BCUT2D eigenvalue weighted by atomic mass is 16.5. The van der Waals surface area contributed by atoms with E-state index in [1.165, 1.54) is 18.4 Å². The van der Waals surface area contributed by atoms with Crippen molar-refractivity contribution in [2.75, 3.05) is 26.3 Å². The normalized spacial score (nSPS) is 25.3. The summed E-state index contributed by atoms with van der Waals surface area (Å²) in [5.74, 6) is 0. The predicted octanol–water partition coefficient (Wildman–Crippen LogP) is 1.23. The first-order chi connectivity index (χ1) is 7.29. The number of nitrogens with one attached hydrogen (secondary N) is 1. The van der Waals surface area contributed by atoms with Crippen LogP contribution in [0.15, 0.2) is 11.6 Å². The zero-order chi connectivity index (χ0) is 10.6. The lowest BCUT2D eigenvalue weighted by Crippen LogP contribution is -2.39. The lowest BCUT2D eigenvalue weighted by molar-refractivity contribution is 0.0481. The molecule has 1 heterocycles. The van der Waals surface area contributed by atoms with Crippen molar-refractivity contribution in [1.82, 2.24) is 5.32 Å². The molecule has 2 N–H and O–H groups in total. The highest BCUT2D eigenvalue weighted by Gasteiger charge is 2.30. The minimum Gasteiger partial charge on any atom is -0.389 e. The molecule has 0 aromatic heterocycles. The quantitative estimate of drug-likeness (QED) is 0.687. The highest BCUT2D eigenvalue weighted by Crippen LogP contribution is 2.28. The van der Waals surface area contributed by atoms with Gasteiger partial charge in [0.25, 0.3) is 0 Å². The minimum absolute atomic E-state index is 0.434. The Morgan fingerprint density at radius 1 is 1.40 bits per heavy atom. The molecule has 2 rings (SSSR count). The van der Waals surface area contributed by atoms with Gasteiger partial charge in [0.15, 0.2) is 0 Å². The SMILES string of the molecule is OC1(CNCC2=CCCOC2)CCCC1. The Balaban J connectivity index is 1.67. The molecule has 15 heavy (non-hydrogen) atoms. The average Bonchev–Trinajstić information content (AvgIpc) is 2.67. The Hall–Kier alpha value is -0.380. The van der Waals surface area contributed by atoms with Gasteiger partial charge in [-0.15, -0.1) is 0 Å². The van der Waals surface area contributed by atoms with Crippen LogP contribution in [0.3, 0.4) is 0 Å². The summed E-state index contributed by atoms with van der Waals surface area (Å²) in [5, 5.41) is 13.4. The van der Waals surface area contributed by atoms with Crippen LogP contribution in [0, 0.1) is 0 Å². The Morgan fingerprint density at radius 3 is 2.87 bits per heavy atom. The third-order valence-corrected chi connectivity index (χ3v) is 3.32. The average molecular weight is 211 g/mol. The van der Waals surface area contributed by atoms with Crippen molar-refractivity contribution < 1.29 is 9.84 Å². The zero-order valence-electron chi connectivity index (χ0n) is 9.30. The van der Waals surface area contributed by atoms with Gasteiger partial charge in [-0.05, 0) is 24.8 Å². The number of aliphatic hydroxyl groups is 1. The molecule has 1 saturated carbocycles. The highest BCUT2D eigenvalue weighted by molar-refractivity contribution is 5.07. The Kier molecular flexibility index (Phi) is 3.78.